The van der Waals surface area contributed by atoms with Crippen LogP contribution in [0.15, 0.2) is 88.8 Å². The molecule has 1 heterocycles. The summed E-state index contributed by atoms with van der Waals surface area (Å²) in [7, 11) is 1.64. The van der Waals surface area contributed by atoms with Gasteiger partial charge >= 0.3 is 0 Å². The molecule has 4 aromatic carbocycles. The molecule has 1 aromatic heterocycles. The van der Waals surface area contributed by atoms with Crippen molar-refractivity contribution in [2.45, 2.75) is 4.90 Å². The van der Waals surface area contributed by atoms with E-state index in [-0.39, 0.29) is 11.5 Å². The fourth-order valence-corrected chi connectivity index (χ4v) is 5.75. The third kappa shape index (κ3) is 4.66. The first-order valence-electron chi connectivity index (χ1n) is 10.2. The maximum absolute atomic E-state index is 13.6. The Labute approximate surface area is 215 Å². The van der Waals surface area contributed by atoms with Crippen LogP contribution < -0.4 is 0 Å². The molecule has 5 rings (SSSR count). The van der Waals surface area contributed by atoms with Gasteiger partial charge in [-0.15, -0.1) is 11.3 Å². The Morgan fingerprint density at radius 3 is 2.53 bits per heavy atom. The first-order valence-corrected chi connectivity index (χ1v) is 14.3. The number of aliphatic imine (C=N–C) groups is 1. The second-order valence-electron chi connectivity index (χ2n) is 7.44. The number of hydrogen-bond acceptors (Lipinski definition) is 6. The molecule has 2 N–H and O–H groups in total. The molecule has 0 saturated carbocycles. The highest BCUT2D eigenvalue weighted by molar-refractivity contribution is 14.2. The van der Waals surface area contributed by atoms with E-state index in [0.29, 0.717) is 11.3 Å². The first-order chi connectivity index (χ1) is 16.5. The number of phenolic OH excluding ortho intramolecular Hbond substituents is 2. The summed E-state index contributed by atoms with van der Waals surface area (Å²) >= 11 is 3.71. The molecular formula is C26H16FIN2O2S2. The van der Waals surface area contributed by atoms with Crippen LogP contribution in [0.2, 0.25) is 0 Å². The van der Waals surface area contributed by atoms with Crippen molar-refractivity contribution in [3.05, 3.63) is 90.2 Å². The number of halogens is 2. The number of rotatable bonds is 5. The number of para-hydroxylation sites is 1. The molecule has 0 unspecified atom stereocenters. The summed E-state index contributed by atoms with van der Waals surface area (Å²) in [4.78, 5) is 10.6. The zero-order chi connectivity index (χ0) is 23.7. The van der Waals surface area contributed by atoms with Crippen LogP contribution in [0, 0.1) is 5.82 Å². The van der Waals surface area contributed by atoms with Gasteiger partial charge in [-0.05, 0) is 60.2 Å². The van der Waals surface area contributed by atoms with Crippen LogP contribution in [0.25, 0.3) is 31.9 Å². The Hall–Kier alpha value is -2.95. The van der Waals surface area contributed by atoms with Crippen LogP contribution in [-0.4, -0.2) is 21.4 Å². The predicted octanol–water partition coefficient (Wildman–Crippen LogP) is 8.37. The van der Waals surface area contributed by atoms with Crippen molar-refractivity contribution in [3.8, 4) is 33.2 Å². The number of phenols is 2. The lowest BCUT2D eigenvalue weighted by Crippen LogP contribution is -1.85. The molecule has 0 aliphatic heterocycles. The highest BCUT2D eigenvalue weighted by atomic mass is 127. The number of thiazole rings is 1. The van der Waals surface area contributed by atoms with Gasteiger partial charge in [0.1, 0.15) is 22.3 Å². The van der Waals surface area contributed by atoms with Gasteiger partial charge in [0, 0.05) is 49.0 Å². The van der Waals surface area contributed by atoms with E-state index in [0.717, 1.165) is 36.8 Å². The minimum Gasteiger partial charge on any atom is -0.508 e. The van der Waals surface area contributed by atoms with Gasteiger partial charge < -0.3 is 10.2 Å². The third-order valence-corrected chi connectivity index (χ3v) is 8.21. The minimum absolute atomic E-state index is 0.0466. The van der Waals surface area contributed by atoms with Crippen molar-refractivity contribution < 1.29 is 14.6 Å². The van der Waals surface area contributed by atoms with Crippen molar-refractivity contribution in [3.63, 3.8) is 0 Å². The van der Waals surface area contributed by atoms with Crippen LogP contribution in [0.3, 0.4) is 0 Å². The number of aromatic nitrogens is 1. The average molecular weight is 598 g/mol. The fourth-order valence-electron chi connectivity index (χ4n) is 3.57. The second-order valence-corrected chi connectivity index (χ2v) is 10.4. The monoisotopic (exact) mass is 598 g/mol. The number of fused-ring (bicyclic) bond motifs is 1. The Balaban J connectivity index is 1.59. The van der Waals surface area contributed by atoms with Gasteiger partial charge in [-0.25, -0.2) is 9.37 Å². The van der Waals surface area contributed by atoms with E-state index < -0.39 is 5.82 Å². The van der Waals surface area contributed by atoms with E-state index >= 15 is 0 Å². The summed E-state index contributed by atoms with van der Waals surface area (Å²) in [6.07, 6.45) is 1.44. The second kappa shape index (κ2) is 9.73. The lowest BCUT2D eigenvalue weighted by molar-refractivity contribution is 0.472. The van der Waals surface area contributed by atoms with E-state index in [2.05, 4.69) is 26.2 Å². The Kier molecular flexibility index (Phi) is 6.53. The Morgan fingerprint density at radius 1 is 0.941 bits per heavy atom. The number of aromatic hydroxyl groups is 2. The predicted molar refractivity (Wildman–Crippen MR) is 147 cm³/mol. The molecule has 168 valence electrons. The van der Waals surface area contributed by atoms with Gasteiger partial charge in [0.25, 0.3) is 0 Å². The molecule has 0 radical (unpaired) electrons. The van der Waals surface area contributed by atoms with Gasteiger partial charge in [-0.2, -0.15) is 0 Å². The average Bonchev–Trinajstić information content (AvgIpc) is 3.28. The van der Waals surface area contributed by atoms with Crippen molar-refractivity contribution >= 4 is 63.6 Å². The van der Waals surface area contributed by atoms with E-state index in [1.54, 1.807) is 21.1 Å². The lowest BCUT2D eigenvalue weighted by atomic mass is 10.0. The van der Waals surface area contributed by atoms with Crippen LogP contribution >= 0.6 is 41.5 Å². The summed E-state index contributed by atoms with van der Waals surface area (Å²) in [5, 5.41) is 21.1. The Bertz CT molecular complexity index is 1530. The number of benzene rings is 4. The van der Waals surface area contributed by atoms with E-state index in [1.807, 2.05) is 48.5 Å². The molecule has 34 heavy (non-hydrogen) atoms. The largest absolute Gasteiger partial charge is 0.508 e. The van der Waals surface area contributed by atoms with Crippen LogP contribution in [-0.2, 0) is 0 Å². The molecule has 0 amide bonds. The van der Waals surface area contributed by atoms with E-state index in [4.69, 9.17) is 4.98 Å². The van der Waals surface area contributed by atoms with Gasteiger partial charge in [-0.3, -0.25) is 4.99 Å². The van der Waals surface area contributed by atoms with Crippen LogP contribution in [0.1, 0.15) is 5.56 Å². The zero-order valence-corrected chi connectivity index (χ0v) is 21.2. The van der Waals surface area contributed by atoms with Crippen molar-refractivity contribution in [2.24, 2.45) is 4.99 Å². The smallest absolute Gasteiger partial charge is 0.126 e. The molecule has 0 bridgehead atoms. The van der Waals surface area contributed by atoms with E-state index in [9.17, 15) is 14.6 Å². The van der Waals surface area contributed by atoms with Crippen LogP contribution in [0.4, 0.5) is 10.1 Å². The summed E-state index contributed by atoms with van der Waals surface area (Å²) in [5.41, 5.74) is 4.36. The fraction of sp³-hybridized carbons (Fsp3) is 0. The van der Waals surface area contributed by atoms with Crippen LogP contribution in [0.5, 0.6) is 11.5 Å². The van der Waals surface area contributed by atoms with Gasteiger partial charge in [-0.1, -0.05) is 33.2 Å². The molecule has 8 heteroatoms. The summed E-state index contributed by atoms with van der Waals surface area (Å²) in [6, 6.07) is 22.8. The first kappa shape index (κ1) is 22.8. The van der Waals surface area contributed by atoms with Gasteiger partial charge in [0.2, 0.25) is 0 Å². The normalized spacial score (nSPS) is 11.5. The molecule has 0 saturated heterocycles. The summed E-state index contributed by atoms with van der Waals surface area (Å²) < 4.78 is 14.4. The quantitative estimate of drug-likeness (QED) is 0.158. The molecule has 0 aliphatic rings. The molecule has 0 atom stereocenters. The van der Waals surface area contributed by atoms with Gasteiger partial charge in [0.15, 0.2) is 0 Å². The van der Waals surface area contributed by atoms with E-state index in [1.165, 1.54) is 35.8 Å². The standard InChI is InChI=1S/C26H16FIN2O2S2/c27-17-7-10-23(32)16(11-17)14-29-22-4-2-1-3-20(22)26-30-25-21(12-18(31)13-24(25)33-26)15-5-8-19(34-28)9-6-15/h1-14,31-32H/b29-14+. The SMILES string of the molecule is Oc1cc(-c2ccc(SI)cc2)c2nc(-c3ccccc3/N=C/c3cc(F)ccc3O)sc2c1. The number of hydrogen-bond donors (Lipinski definition) is 2. The summed E-state index contributed by atoms with van der Waals surface area (Å²) in [5.74, 6) is -0.316. The Morgan fingerprint density at radius 2 is 1.74 bits per heavy atom. The van der Waals surface area contributed by atoms with Crippen molar-refractivity contribution in [1.82, 2.24) is 4.98 Å². The van der Waals surface area contributed by atoms with Crippen molar-refractivity contribution in [1.29, 1.82) is 0 Å². The lowest BCUT2D eigenvalue weighted by Gasteiger charge is -2.05. The molecule has 0 aliphatic carbocycles. The molecular weight excluding hydrogens is 582 g/mol. The zero-order valence-electron chi connectivity index (χ0n) is 17.4. The topological polar surface area (TPSA) is 65.7 Å². The highest BCUT2D eigenvalue weighted by Gasteiger charge is 2.15. The molecule has 4 nitrogen and oxygen atoms in total. The number of nitrogens with zero attached hydrogens (tertiary/aromatic N) is 2. The molecule has 0 fully saturated rings. The molecule has 5 aromatic rings. The van der Waals surface area contributed by atoms with Crippen molar-refractivity contribution in [2.75, 3.05) is 0 Å². The maximum Gasteiger partial charge on any atom is 0.126 e. The highest BCUT2D eigenvalue weighted by Crippen LogP contribution is 2.41. The van der Waals surface area contributed by atoms with Gasteiger partial charge in [0.05, 0.1) is 15.9 Å². The maximum atomic E-state index is 13.6. The minimum atomic E-state index is -0.448. The molecule has 0 spiro atoms. The summed E-state index contributed by atoms with van der Waals surface area (Å²) in [6.45, 7) is 0. The third-order valence-electron chi connectivity index (χ3n) is 5.20.